The second-order valence-corrected chi connectivity index (χ2v) is 3.00. The van der Waals surface area contributed by atoms with Crippen LogP contribution in [0.5, 0.6) is 0 Å². The number of carbonyl (C=O) groups excluding carboxylic acids is 1. The molecule has 1 N–H and O–H groups in total. The van der Waals surface area contributed by atoms with Gasteiger partial charge in [0, 0.05) is 13.1 Å². The Bertz CT molecular complexity index is 316. The molecule has 0 radical (unpaired) electrons. The van der Waals surface area contributed by atoms with Gasteiger partial charge in [-0.05, 0) is 19.4 Å². The van der Waals surface area contributed by atoms with E-state index in [1.165, 1.54) is 0 Å². The highest BCUT2D eigenvalue weighted by atomic mass is 16.2. The number of amides is 1. The second kappa shape index (κ2) is 2.62. The topological polar surface area (TPSA) is 46.9 Å². The van der Waals surface area contributed by atoms with Crippen LogP contribution < -0.4 is 5.32 Å². The lowest BCUT2D eigenvalue weighted by Crippen LogP contribution is -2.22. The van der Waals surface area contributed by atoms with E-state index in [9.17, 15) is 4.79 Å². The minimum absolute atomic E-state index is 0.00639. The summed E-state index contributed by atoms with van der Waals surface area (Å²) in [6, 6.07) is 1.82. The monoisotopic (exact) mass is 165 g/mol. The van der Waals surface area contributed by atoms with Crippen molar-refractivity contribution in [2.75, 3.05) is 6.54 Å². The summed E-state index contributed by atoms with van der Waals surface area (Å²) in [6.07, 6.45) is 0.958. The molecular formula is C8H11N3O. The molecule has 2 heterocycles. The first-order valence-electron chi connectivity index (χ1n) is 4.10. The van der Waals surface area contributed by atoms with Gasteiger partial charge in [0.05, 0.1) is 5.69 Å². The molecule has 0 saturated heterocycles. The number of hydrogen-bond donors (Lipinski definition) is 1. The van der Waals surface area contributed by atoms with E-state index < -0.39 is 0 Å². The van der Waals surface area contributed by atoms with Gasteiger partial charge in [0.15, 0.2) is 0 Å². The fourth-order valence-electron chi connectivity index (χ4n) is 1.42. The Balaban J connectivity index is 2.44. The van der Waals surface area contributed by atoms with Gasteiger partial charge in [0.25, 0.3) is 5.91 Å². The van der Waals surface area contributed by atoms with Crippen molar-refractivity contribution >= 4 is 5.91 Å². The van der Waals surface area contributed by atoms with E-state index in [1.54, 1.807) is 4.68 Å². The van der Waals surface area contributed by atoms with Crippen molar-refractivity contribution in [1.82, 2.24) is 15.1 Å². The van der Waals surface area contributed by atoms with Crippen LogP contribution in [0.4, 0.5) is 0 Å². The lowest BCUT2D eigenvalue weighted by atomic mass is 10.3. The zero-order valence-corrected chi connectivity index (χ0v) is 7.00. The molecule has 4 heteroatoms. The number of aryl methyl sites for hydroxylation is 2. The maximum atomic E-state index is 11.3. The molecule has 0 bridgehead atoms. The number of hydrogen-bond acceptors (Lipinski definition) is 2. The fraction of sp³-hybridized carbons (Fsp3) is 0.500. The highest BCUT2D eigenvalue weighted by Crippen LogP contribution is 2.06. The lowest BCUT2D eigenvalue weighted by molar-refractivity contribution is 0.0950. The summed E-state index contributed by atoms with van der Waals surface area (Å²) in [7, 11) is 0. The minimum Gasteiger partial charge on any atom is -0.351 e. The molecule has 0 atom stereocenters. The second-order valence-electron chi connectivity index (χ2n) is 3.00. The SMILES string of the molecule is Cc1cc2n(n1)CCCNC2=O. The largest absolute Gasteiger partial charge is 0.351 e. The van der Waals surface area contributed by atoms with Crippen LogP contribution in [-0.4, -0.2) is 22.2 Å². The highest BCUT2D eigenvalue weighted by molar-refractivity contribution is 5.92. The van der Waals surface area contributed by atoms with Crippen LogP contribution in [0.2, 0.25) is 0 Å². The summed E-state index contributed by atoms with van der Waals surface area (Å²) in [4.78, 5) is 11.3. The Kier molecular flexibility index (Phi) is 1.60. The van der Waals surface area contributed by atoms with Crippen LogP contribution >= 0.6 is 0 Å². The smallest absolute Gasteiger partial charge is 0.269 e. The first kappa shape index (κ1) is 7.34. The third-order valence-corrected chi connectivity index (χ3v) is 1.97. The van der Waals surface area contributed by atoms with E-state index in [0.29, 0.717) is 5.69 Å². The third-order valence-electron chi connectivity index (χ3n) is 1.97. The predicted octanol–water partition coefficient (Wildman–Crippen LogP) is 0.325. The number of nitrogens with one attached hydrogen (secondary N) is 1. The Morgan fingerprint density at radius 2 is 2.50 bits per heavy atom. The number of aromatic nitrogens is 2. The molecule has 64 valence electrons. The average molecular weight is 165 g/mol. The number of carbonyl (C=O) groups is 1. The van der Waals surface area contributed by atoms with E-state index in [1.807, 2.05) is 13.0 Å². The standard InChI is InChI=1S/C8H11N3O/c1-6-5-7-8(12)9-3-2-4-11(7)10-6/h5H,2-4H2,1H3,(H,9,12). The predicted molar refractivity (Wildman–Crippen MR) is 43.9 cm³/mol. The molecule has 1 aliphatic heterocycles. The summed E-state index contributed by atoms with van der Waals surface area (Å²) < 4.78 is 1.78. The van der Waals surface area contributed by atoms with Crippen LogP contribution in [0.1, 0.15) is 22.6 Å². The molecule has 12 heavy (non-hydrogen) atoms. The Hall–Kier alpha value is -1.32. The van der Waals surface area contributed by atoms with Gasteiger partial charge in [-0.15, -0.1) is 0 Å². The van der Waals surface area contributed by atoms with Crippen molar-refractivity contribution in [3.05, 3.63) is 17.5 Å². The van der Waals surface area contributed by atoms with Crippen LogP contribution in [-0.2, 0) is 6.54 Å². The van der Waals surface area contributed by atoms with Crippen molar-refractivity contribution in [3.63, 3.8) is 0 Å². The van der Waals surface area contributed by atoms with Crippen LogP contribution in [0.15, 0.2) is 6.07 Å². The molecule has 1 aromatic heterocycles. The van der Waals surface area contributed by atoms with E-state index in [0.717, 1.165) is 25.2 Å². The Morgan fingerprint density at radius 1 is 1.67 bits per heavy atom. The normalized spacial score (nSPS) is 16.6. The average Bonchev–Trinajstić information content (AvgIpc) is 2.33. The number of nitrogens with zero attached hydrogens (tertiary/aromatic N) is 2. The van der Waals surface area contributed by atoms with Gasteiger partial charge >= 0.3 is 0 Å². The van der Waals surface area contributed by atoms with Crippen molar-refractivity contribution < 1.29 is 4.79 Å². The van der Waals surface area contributed by atoms with Gasteiger partial charge in [-0.25, -0.2) is 0 Å². The first-order chi connectivity index (χ1) is 5.77. The van der Waals surface area contributed by atoms with Gasteiger partial charge in [-0.2, -0.15) is 5.10 Å². The van der Waals surface area contributed by atoms with Crippen molar-refractivity contribution in [3.8, 4) is 0 Å². The number of fused-ring (bicyclic) bond motifs is 1. The van der Waals surface area contributed by atoms with Gasteiger partial charge in [-0.1, -0.05) is 0 Å². The third kappa shape index (κ3) is 1.09. The summed E-state index contributed by atoms with van der Waals surface area (Å²) in [5.74, 6) is -0.00639. The van der Waals surface area contributed by atoms with Gasteiger partial charge in [0.2, 0.25) is 0 Å². The van der Waals surface area contributed by atoms with Crippen LogP contribution in [0.25, 0.3) is 0 Å². The molecule has 0 aliphatic carbocycles. The highest BCUT2D eigenvalue weighted by Gasteiger charge is 2.15. The zero-order chi connectivity index (χ0) is 8.55. The molecule has 0 fully saturated rings. The van der Waals surface area contributed by atoms with E-state index in [2.05, 4.69) is 10.4 Å². The quantitative estimate of drug-likeness (QED) is 0.602. The maximum absolute atomic E-state index is 11.3. The summed E-state index contributed by atoms with van der Waals surface area (Å²) in [5.41, 5.74) is 1.59. The molecule has 0 saturated carbocycles. The van der Waals surface area contributed by atoms with Gasteiger partial charge < -0.3 is 5.32 Å². The summed E-state index contributed by atoms with van der Waals surface area (Å²) >= 11 is 0. The Morgan fingerprint density at radius 3 is 3.33 bits per heavy atom. The maximum Gasteiger partial charge on any atom is 0.269 e. The molecule has 0 unspecified atom stereocenters. The molecule has 1 aromatic rings. The van der Waals surface area contributed by atoms with Crippen LogP contribution in [0.3, 0.4) is 0 Å². The molecule has 0 aromatic carbocycles. The van der Waals surface area contributed by atoms with Crippen molar-refractivity contribution in [1.29, 1.82) is 0 Å². The molecule has 4 nitrogen and oxygen atoms in total. The molecule has 0 spiro atoms. The lowest BCUT2D eigenvalue weighted by Gasteiger charge is -1.97. The van der Waals surface area contributed by atoms with E-state index in [4.69, 9.17) is 0 Å². The van der Waals surface area contributed by atoms with Crippen LogP contribution in [0, 0.1) is 6.92 Å². The Labute approximate surface area is 70.6 Å². The summed E-state index contributed by atoms with van der Waals surface area (Å²) in [6.45, 7) is 3.48. The summed E-state index contributed by atoms with van der Waals surface area (Å²) in [5, 5.41) is 7.03. The van der Waals surface area contributed by atoms with Crippen molar-refractivity contribution in [2.45, 2.75) is 19.9 Å². The molecule has 2 rings (SSSR count). The first-order valence-corrected chi connectivity index (χ1v) is 4.10. The molecular weight excluding hydrogens is 154 g/mol. The van der Waals surface area contributed by atoms with E-state index >= 15 is 0 Å². The van der Waals surface area contributed by atoms with Gasteiger partial charge in [0.1, 0.15) is 5.69 Å². The van der Waals surface area contributed by atoms with E-state index in [-0.39, 0.29) is 5.91 Å². The zero-order valence-electron chi connectivity index (χ0n) is 7.00. The van der Waals surface area contributed by atoms with Crippen molar-refractivity contribution in [2.24, 2.45) is 0 Å². The van der Waals surface area contributed by atoms with Gasteiger partial charge in [-0.3, -0.25) is 9.48 Å². The molecule has 1 amide bonds. The number of rotatable bonds is 0. The fourth-order valence-corrected chi connectivity index (χ4v) is 1.42. The minimum atomic E-state index is -0.00639. The molecule has 1 aliphatic rings.